The van der Waals surface area contributed by atoms with E-state index in [0.29, 0.717) is 17.5 Å². The van der Waals surface area contributed by atoms with Crippen LogP contribution in [0.4, 0.5) is 0 Å². The smallest absolute Gasteiger partial charge is 0.167 e. The highest BCUT2D eigenvalue weighted by Crippen LogP contribution is 2.37. The lowest BCUT2D eigenvalue weighted by Crippen LogP contribution is -2.00. The number of hydrogen-bond donors (Lipinski definition) is 0. The Balaban J connectivity index is 1.24. The molecule has 0 saturated carbocycles. The average molecular weight is 566 g/mol. The van der Waals surface area contributed by atoms with Crippen LogP contribution >= 0.6 is 0 Å². The third-order valence-electron chi connectivity index (χ3n) is 8.17. The Kier molecular flexibility index (Phi) is 5.43. The number of aromatic nitrogens is 3. The molecular weight excluding hydrogens is 542 g/mol. The molecule has 9 rings (SSSR count). The predicted molar refractivity (Wildman–Crippen MR) is 176 cm³/mol. The van der Waals surface area contributed by atoms with E-state index < -0.39 is 0 Å². The van der Waals surface area contributed by atoms with E-state index in [1.54, 1.807) is 0 Å². The topological polar surface area (TPSA) is 65.0 Å². The number of furan rings is 2. The quantitative estimate of drug-likeness (QED) is 0.212. The third kappa shape index (κ3) is 3.98. The van der Waals surface area contributed by atoms with Crippen LogP contribution in [0.5, 0.6) is 0 Å². The molecule has 44 heavy (non-hydrogen) atoms. The van der Waals surface area contributed by atoms with Crippen molar-refractivity contribution < 1.29 is 8.83 Å². The molecule has 0 unspecified atom stereocenters. The van der Waals surface area contributed by atoms with Crippen molar-refractivity contribution in [1.82, 2.24) is 15.0 Å². The number of nitrogens with zero attached hydrogens (tertiary/aromatic N) is 3. The molecule has 206 valence electrons. The zero-order valence-electron chi connectivity index (χ0n) is 23.4. The van der Waals surface area contributed by atoms with Crippen molar-refractivity contribution in [2.24, 2.45) is 0 Å². The minimum Gasteiger partial charge on any atom is -0.456 e. The van der Waals surface area contributed by atoms with Crippen LogP contribution in [0.2, 0.25) is 0 Å². The first-order valence-electron chi connectivity index (χ1n) is 14.5. The van der Waals surface area contributed by atoms with Gasteiger partial charge in [0.1, 0.15) is 22.3 Å². The first kappa shape index (κ1) is 24.5. The summed E-state index contributed by atoms with van der Waals surface area (Å²) in [6, 6.07) is 47.1. The standard InChI is InChI=1S/C39H23N3O2/c1-2-9-24(10-3-1)25-17-19-26(20-18-25)37-40-38(27-21-22-30-28-11-4-6-15-33(28)43-35(30)23-27)42-39(41-37)32-14-8-13-31-29-12-5-7-16-34(29)44-36(31)32/h1-23H. The lowest BCUT2D eigenvalue weighted by atomic mass is 10.0. The molecule has 6 aromatic carbocycles. The summed E-state index contributed by atoms with van der Waals surface area (Å²) < 4.78 is 12.6. The molecule has 0 atom stereocenters. The van der Waals surface area contributed by atoms with Crippen molar-refractivity contribution in [3.8, 4) is 45.3 Å². The highest BCUT2D eigenvalue weighted by Gasteiger charge is 2.18. The minimum atomic E-state index is 0.548. The van der Waals surface area contributed by atoms with Gasteiger partial charge in [-0.25, -0.2) is 15.0 Å². The van der Waals surface area contributed by atoms with Gasteiger partial charge in [-0.2, -0.15) is 0 Å². The van der Waals surface area contributed by atoms with Crippen molar-refractivity contribution in [2.45, 2.75) is 0 Å². The number of hydrogen-bond acceptors (Lipinski definition) is 5. The molecule has 0 saturated heterocycles. The Labute approximate surface area is 252 Å². The fourth-order valence-corrected chi connectivity index (χ4v) is 5.99. The second-order valence-corrected chi connectivity index (χ2v) is 10.8. The maximum atomic E-state index is 6.37. The Morgan fingerprint density at radius 3 is 1.68 bits per heavy atom. The molecule has 5 nitrogen and oxygen atoms in total. The van der Waals surface area contributed by atoms with Crippen molar-refractivity contribution in [1.29, 1.82) is 0 Å². The maximum Gasteiger partial charge on any atom is 0.167 e. The molecule has 3 heterocycles. The summed E-state index contributed by atoms with van der Waals surface area (Å²) in [6.45, 7) is 0. The Bertz CT molecular complexity index is 2490. The molecule has 0 amide bonds. The fraction of sp³-hybridized carbons (Fsp3) is 0. The van der Waals surface area contributed by atoms with Gasteiger partial charge in [-0.3, -0.25) is 0 Å². The number of para-hydroxylation sites is 3. The third-order valence-corrected chi connectivity index (χ3v) is 8.17. The van der Waals surface area contributed by atoms with Crippen LogP contribution < -0.4 is 0 Å². The lowest BCUT2D eigenvalue weighted by Gasteiger charge is -2.09. The molecule has 5 heteroatoms. The normalized spacial score (nSPS) is 11.6. The number of benzene rings is 6. The summed E-state index contributed by atoms with van der Waals surface area (Å²) in [5, 5.41) is 4.23. The Morgan fingerprint density at radius 2 is 0.886 bits per heavy atom. The van der Waals surface area contributed by atoms with E-state index in [-0.39, 0.29) is 0 Å². The summed E-state index contributed by atoms with van der Waals surface area (Å²) in [5.41, 5.74) is 8.08. The highest BCUT2D eigenvalue weighted by atomic mass is 16.3. The largest absolute Gasteiger partial charge is 0.456 e. The first-order valence-corrected chi connectivity index (χ1v) is 14.5. The van der Waals surface area contributed by atoms with E-state index in [2.05, 4.69) is 60.7 Å². The summed E-state index contributed by atoms with van der Waals surface area (Å²) in [5.74, 6) is 1.70. The van der Waals surface area contributed by atoms with Crippen LogP contribution in [0.3, 0.4) is 0 Å². The van der Waals surface area contributed by atoms with Crippen LogP contribution in [0, 0.1) is 0 Å². The van der Waals surface area contributed by atoms with Crippen LogP contribution in [0.1, 0.15) is 0 Å². The van der Waals surface area contributed by atoms with Gasteiger partial charge < -0.3 is 8.83 Å². The molecule has 0 aliphatic heterocycles. The zero-order chi connectivity index (χ0) is 29.0. The van der Waals surface area contributed by atoms with Gasteiger partial charge in [0, 0.05) is 32.7 Å². The number of rotatable bonds is 4. The molecule has 0 N–H and O–H groups in total. The second-order valence-electron chi connectivity index (χ2n) is 10.8. The maximum absolute atomic E-state index is 6.37. The van der Waals surface area contributed by atoms with Gasteiger partial charge in [0.15, 0.2) is 17.5 Å². The van der Waals surface area contributed by atoms with Gasteiger partial charge in [-0.05, 0) is 41.5 Å². The molecule has 0 aliphatic carbocycles. The van der Waals surface area contributed by atoms with Crippen molar-refractivity contribution in [2.75, 3.05) is 0 Å². The number of fused-ring (bicyclic) bond motifs is 6. The molecular formula is C39H23N3O2. The molecule has 9 aromatic rings. The van der Waals surface area contributed by atoms with Crippen LogP contribution in [-0.2, 0) is 0 Å². The van der Waals surface area contributed by atoms with E-state index in [9.17, 15) is 0 Å². The van der Waals surface area contributed by atoms with Crippen molar-refractivity contribution >= 4 is 43.9 Å². The van der Waals surface area contributed by atoms with E-state index in [0.717, 1.165) is 71.7 Å². The molecule has 0 bridgehead atoms. The van der Waals surface area contributed by atoms with Crippen LogP contribution in [0.25, 0.3) is 89.2 Å². The predicted octanol–water partition coefficient (Wildman–Crippen LogP) is 10.3. The van der Waals surface area contributed by atoms with E-state index in [1.807, 2.05) is 78.9 Å². The van der Waals surface area contributed by atoms with E-state index in [1.165, 1.54) is 0 Å². The molecule has 0 spiro atoms. The van der Waals surface area contributed by atoms with Crippen molar-refractivity contribution in [3.05, 3.63) is 140 Å². The molecule has 0 radical (unpaired) electrons. The van der Waals surface area contributed by atoms with Crippen molar-refractivity contribution in [3.63, 3.8) is 0 Å². The van der Waals surface area contributed by atoms with E-state index in [4.69, 9.17) is 23.8 Å². The SMILES string of the molecule is c1ccc(-c2ccc(-c3nc(-c4ccc5c(c4)oc4ccccc45)nc(-c4cccc5c4oc4ccccc45)n3)cc2)cc1. The van der Waals surface area contributed by atoms with Gasteiger partial charge in [0.2, 0.25) is 0 Å². The molecule has 0 aliphatic rings. The second kappa shape index (κ2) is 9.75. The van der Waals surface area contributed by atoms with E-state index >= 15 is 0 Å². The summed E-state index contributed by atoms with van der Waals surface area (Å²) in [4.78, 5) is 15.0. The summed E-state index contributed by atoms with van der Waals surface area (Å²) in [6.07, 6.45) is 0. The monoisotopic (exact) mass is 565 g/mol. The van der Waals surface area contributed by atoms with Gasteiger partial charge in [-0.1, -0.05) is 109 Å². The van der Waals surface area contributed by atoms with Crippen LogP contribution in [0.15, 0.2) is 148 Å². The Morgan fingerprint density at radius 1 is 0.341 bits per heavy atom. The van der Waals surface area contributed by atoms with Gasteiger partial charge in [0.25, 0.3) is 0 Å². The Hall–Kier alpha value is -6.07. The van der Waals surface area contributed by atoms with Crippen LogP contribution in [-0.4, -0.2) is 15.0 Å². The van der Waals surface area contributed by atoms with Gasteiger partial charge in [-0.15, -0.1) is 0 Å². The lowest BCUT2D eigenvalue weighted by molar-refractivity contribution is 0.668. The summed E-state index contributed by atoms with van der Waals surface area (Å²) in [7, 11) is 0. The summed E-state index contributed by atoms with van der Waals surface area (Å²) >= 11 is 0. The van der Waals surface area contributed by atoms with Gasteiger partial charge >= 0.3 is 0 Å². The van der Waals surface area contributed by atoms with Gasteiger partial charge in [0.05, 0.1) is 5.56 Å². The minimum absolute atomic E-state index is 0.548. The highest BCUT2D eigenvalue weighted by molar-refractivity contribution is 6.09. The molecule has 0 fully saturated rings. The molecule has 3 aromatic heterocycles. The first-order chi connectivity index (χ1) is 21.8. The average Bonchev–Trinajstić information content (AvgIpc) is 3.66. The zero-order valence-corrected chi connectivity index (χ0v) is 23.4. The fourth-order valence-electron chi connectivity index (χ4n) is 5.99.